The van der Waals surface area contributed by atoms with Crippen molar-refractivity contribution in [1.29, 1.82) is 0 Å². The Hall–Kier alpha value is -0.323. The van der Waals surface area contributed by atoms with Crippen molar-refractivity contribution < 1.29 is 40.2 Å². The molecular formula is C7H7LiO5S2. The van der Waals surface area contributed by atoms with Crippen LogP contribution in [0.2, 0.25) is 0 Å². The van der Waals surface area contributed by atoms with Gasteiger partial charge in [0.25, 0.3) is 0 Å². The molecule has 0 spiro atoms. The zero-order valence-corrected chi connectivity index (χ0v) is 9.80. The number of hydrogen-bond acceptors (Lipinski definition) is 5. The maximum Gasteiger partial charge on any atom is 1.00 e. The number of hydrogen-bond donors (Lipinski definition) is 0. The van der Waals surface area contributed by atoms with Crippen LogP contribution in [0.4, 0.5) is 0 Å². The van der Waals surface area contributed by atoms with Gasteiger partial charge in [-0.05, 0) is 18.2 Å². The summed E-state index contributed by atoms with van der Waals surface area (Å²) in [6.45, 7) is 0. The molecule has 0 bridgehead atoms. The molecule has 1 aromatic carbocycles. The van der Waals surface area contributed by atoms with E-state index < -0.39 is 24.9 Å². The molecule has 0 N–H and O–H groups in total. The topological polar surface area (TPSA) is 91.3 Å². The Morgan fingerprint density at radius 1 is 1.07 bits per heavy atom. The first-order valence-corrected chi connectivity index (χ1v) is 6.77. The molecule has 0 saturated carbocycles. The van der Waals surface area contributed by atoms with Crippen molar-refractivity contribution in [3.8, 4) is 0 Å². The van der Waals surface area contributed by atoms with Crippen molar-refractivity contribution in [2.24, 2.45) is 0 Å². The SMILES string of the molecule is CS(=O)(=O)c1cccc(S(=O)(=O)[O-])c1.[Li+]. The largest absolute Gasteiger partial charge is 1.00 e. The Kier molecular flexibility index (Phi) is 4.58. The molecule has 5 nitrogen and oxygen atoms in total. The molecule has 1 aromatic rings. The quantitative estimate of drug-likeness (QED) is 0.407. The van der Waals surface area contributed by atoms with E-state index in [4.69, 9.17) is 0 Å². The van der Waals surface area contributed by atoms with Crippen LogP contribution in [0, 0.1) is 0 Å². The Balaban J connectivity index is 0.00000196. The fourth-order valence-electron chi connectivity index (χ4n) is 0.860. The van der Waals surface area contributed by atoms with E-state index in [1.54, 1.807) is 0 Å². The van der Waals surface area contributed by atoms with E-state index in [0.29, 0.717) is 0 Å². The summed E-state index contributed by atoms with van der Waals surface area (Å²) in [5, 5.41) is 0. The molecular weight excluding hydrogens is 235 g/mol. The molecule has 0 unspecified atom stereocenters. The van der Waals surface area contributed by atoms with Crippen molar-refractivity contribution in [3.63, 3.8) is 0 Å². The smallest absolute Gasteiger partial charge is 0.744 e. The van der Waals surface area contributed by atoms with Crippen LogP contribution in [0.15, 0.2) is 34.1 Å². The number of benzene rings is 1. The summed E-state index contributed by atoms with van der Waals surface area (Å²) in [5.74, 6) is 0. The van der Waals surface area contributed by atoms with Gasteiger partial charge in [-0.15, -0.1) is 0 Å². The van der Waals surface area contributed by atoms with E-state index in [-0.39, 0.29) is 23.8 Å². The Morgan fingerprint density at radius 3 is 1.93 bits per heavy atom. The minimum Gasteiger partial charge on any atom is -0.744 e. The van der Waals surface area contributed by atoms with Gasteiger partial charge in [0.1, 0.15) is 10.1 Å². The van der Waals surface area contributed by atoms with Gasteiger partial charge in [-0.25, -0.2) is 16.8 Å². The first kappa shape index (κ1) is 14.7. The fraction of sp³-hybridized carbons (Fsp3) is 0.143. The second-order valence-corrected chi connectivity index (χ2v) is 6.10. The van der Waals surface area contributed by atoms with Crippen LogP contribution in [-0.2, 0) is 20.0 Å². The van der Waals surface area contributed by atoms with Gasteiger partial charge >= 0.3 is 18.9 Å². The van der Waals surface area contributed by atoms with E-state index >= 15 is 0 Å². The number of rotatable bonds is 2. The summed E-state index contributed by atoms with van der Waals surface area (Å²) in [7, 11) is -8.09. The third-order valence-electron chi connectivity index (χ3n) is 1.52. The normalized spacial score (nSPS) is 11.9. The first-order chi connectivity index (χ1) is 6.21. The van der Waals surface area contributed by atoms with Crippen molar-refractivity contribution in [1.82, 2.24) is 0 Å². The summed E-state index contributed by atoms with van der Waals surface area (Å²) in [6, 6.07) is 4.33. The Labute approximate surface area is 100 Å². The molecule has 15 heavy (non-hydrogen) atoms. The molecule has 0 amide bonds. The van der Waals surface area contributed by atoms with Crippen LogP contribution >= 0.6 is 0 Å². The Bertz CT molecular complexity index is 499. The van der Waals surface area contributed by atoms with Crippen LogP contribution in [-0.4, -0.2) is 27.6 Å². The van der Waals surface area contributed by atoms with Crippen LogP contribution in [0.25, 0.3) is 0 Å². The van der Waals surface area contributed by atoms with Crippen LogP contribution in [0.3, 0.4) is 0 Å². The molecule has 0 atom stereocenters. The molecule has 0 aliphatic heterocycles. The second kappa shape index (κ2) is 4.68. The van der Waals surface area contributed by atoms with E-state index in [1.807, 2.05) is 0 Å². The summed E-state index contributed by atoms with van der Waals surface area (Å²) in [5.41, 5.74) is 0. The number of sulfone groups is 1. The zero-order valence-electron chi connectivity index (χ0n) is 8.17. The van der Waals surface area contributed by atoms with Crippen molar-refractivity contribution >= 4 is 20.0 Å². The average Bonchev–Trinajstić information content (AvgIpc) is 2.01. The minimum absolute atomic E-state index is 0. The monoisotopic (exact) mass is 242 g/mol. The predicted octanol–water partition coefficient (Wildman–Crippen LogP) is -3.00. The molecule has 0 aliphatic rings. The van der Waals surface area contributed by atoms with Crippen molar-refractivity contribution in [3.05, 3.63) is 24.3 Å². The summed E-state index contributed by atoms with van der Waals surface area (Å²) in [4.78, 5) is -0.727. The molecule has 0 aromatic heterocycles. The summed E-state index contributed by atoms with van der Waals surface area (Å²) < 4.78 is 53.7. The van der Waals surface area contributed by atoms with Gasteiger partial charge in [-0.2, -0.15) is 0 Å². The summed E-state index contributed by atoms with van der Waals surface area (Å²) in [6.07, 6.45) is 0.934. The van der Waals surface area contributed by atoms with E-state index in [1.165, 1.54) is 12.1 Å². The van der Waals surface area contributed by atoms with E-state index in [2.05, 4.69) is 0 Å². The molecule has 0 fully saturated rings. The zero-order chi connectivity index (χ0) is 11.0. The van der Waals surface area contributed by atoms with Gasteiger partial charge in [0, 0.05) is 6.26 Å². The van der Waals surface area contributed by atoms with E-state index in [9.17, 15) is 21.4 Å². The minimum atomic E-state index is -4.60. The summed E-state index contributed by atoms with van der Waals surface area (Å²) >= 11 is 0. The Morgan fingerprint density at radius 2 is 1.53 bits per heavy atom. The molecule has 1 rings (SSSR count). The predicted molar refractivity (Wildman–Crippen MR) is 47.5 cm³/mol. The van der Waals surface area contributed by atoms with Crippen molar-refractivity contribution in [2.45, 2.75) is 9.79 Å². The first-order valence-electron chi connectivity index (χ1n) is 3.47. The third-order valence-corrected chi connectivity index (χ3v) is 3.46. The molecule has 0 heterocycles. The second-order valence-electron chi connectivity index (χ2n) is 2.70. The maximum atomic E-state index is 11.0. The third kappa shape index (κ3) is 3.97. The van der Waals surface area contributed by atoms with Crippen molar-refractivity contribution in [2.75, 3.05) is 6.26 Å². The van der Waals surface area contributed by atoms with Gasteiger partial charge in [0.15, 0.2) is 9.84 Å². The van der Waals surface area contributed by atoms with Gasteiger partial charge in [0.05, 0.1) is 9.79 Å². The molecule has 8 heteroatoms. The van der Waals surface area contributed by atoms with Gasteiger partial charge in [-0.3, -0.25) is 0 Å². The maximum absolute atomic E-state index is 11.0. The fourth-order valence-corrected chi connectivity index (χ4v) is 2.12. The molecule has 0 saturated heterocycles. The van der Waals surface area contributed by atoms with Crippen LogP contribution < -0.4 is 18.9 Å². The van der Waals surface area contributed by atoms with Crippen LogP contribution in [0.1, 0.15) is 0 Å². The van der Waals surface area contributed by atoms with Gasteiger partial charge in [-0.1, -0.05) is 6.07 Å². The average molecular weight is 242 g/mol. The molecule has 0 aliphatic carbocycles. The van der Waals surface area contributed by atoms with Crippen LogP contribution in [0.5, 0.6) is 0 Å². The molecule has 0 radical (unpaired) electrons. The molecule has 78 valence electrons. The van der Waals surface area contributed by atoms with Gasteiger partial charge < -0.3 is 4.55 Å². The van der Waals surface area contributed by atoms with Gasteiger partial charge in [0.2, 0.25) is 0 Å². The van der Waals surface area contributed by atoms with E-state index in [0.717, 1.165) is 18.4 Å². The standard InChI is InChI=1S/C7H8O5S2.Li/c1-13(8,9)6-3-2-4-7(5-6)14(10,11)12;/h2-5H,1H3,(H,10,11,12);/q;+1/p-1.